The van der Waals surface area contributed by atoms with Crippen LogP contribution in [0.4, 0.5) is 5.95 Å². The van der Waals surface area contributed by atoms with Crippen molar-refractivity contribution in [3.8, 4) is 0 Å². The molecule has 0 spiro atoms. The molecule has 3 rings (SSSR count). The molecule has 1 atom stereocenters. The number of nitrogens with one attached hydrogen (secondary N) is 1. The molecule has 8 heteroatoms. The lowest BCUT2D eigenvalue weighted by Crippen LogP contribution is -2.23. The molecule has 1 aliphatic heterocycles. The van der Waals surface area contributed by atoms with Crippen molar-refractivity contribution in [3.05, 3.63) is 48.3 Å². The van der Waals surface area contributed by atoms with E-state index in [0.717, 1.165) is 31.6 Å². The van der Waals surface area contributed by atoms with Gasteiger partial charge < -0.3 is 5.73 Å². The number of benzene rings is 1. The second-order valence-electron chi connectivity index (χ2n) is 5.96. The third kappa shape index (κ3) is 4.08. The second-order valence-corrected chi connectivity index (χ2v) is 7.64. The van der Waals surface area contributed by atoms with Crippen LogP contribution >= 0.6 is 0 Å². The standard InChI is InChI=1S/C16H21N5O2S/c17-8-13-6-7-21(11-13)12-14-9-18-16(19-10-14)20-24(22,23)15-4-2-1-3-5-15/h1-5,9-10,13H,6-8,11-12,17H2,(H,18,19,20). The van der Waals surface area contributed by atoms with E-state index in [2.05, 4.69) is 19.6 Å². The molecule has 0 saturated carbocycles. The van der Waals surface area contributed by atoms with E-state index in [9.17, 15) is 8.42 Å². The fourth-order valence-electron chi connectivity index (χ4n) is 2.77. The molecule has 128 valence electrons. The van der Waals surface area contributed by atoms with Crippen LogP contribution in [0.15, 0.2) is 47.6 Å². The Morgan fingerprint density at radius 2 is 1.92 bits per heavy atom. The summed E-state index contributed by atoms with van der Waals surface area (Å²) in [4.78, 5) is 10.7. The highest BCUT2D eigenvalue weighted by atomic mass is 32.2. The van der Waals surface area contributed by atoms with Crippen molar-refractivity contribution in [3.63, 3.8) is 0 Å². The summed E-state index contributed by atoms with van der Waals surface area (Å²) < 4.78 is 26.8. The Labute approximate surface area is 142 Å². The maximum Gasteiger partial charge on any atom is 0.264 e. The first kappa shape index (κ1) is 16.8. The van der Waals surface area contributed by atoms with Gasteiger partial charge >= 0.3 is 0 Å². The maximum absolute atomic E-state index is 12.2. The molecule has 24 heavy (non-hydrogen) atoms. The van der Waals surface area contributed by atoms with Crippen molar-refractivity contribution in [2.75, 3.05) is 24.4 Å². The highest BCUT2D eigenvalue weighted by molar-refractivity contribution is 7.92. The zero-order chi connectivity index (χ0) is 17.0. The van der Waals surface area contributed by atoms with Crippen LogP contribution in [-0.2, 0) is 16.6 Å². The average molecular weight is 347 g/mol. The molecule has 0 radical (unpaired) electrons. The lowest BCUT2D eigenvalue weighted by atomic mass is 10.1. The zero-order valence-corrected chi connectivity index (χ0v) is 14.1. The molecule has 2 heterocycles. The molecule has 2 aromatic rings. The number of nitrogens with two attached hydrogens (primary N) is 1. The van der Waals surface area contributed by atoms with Crippen LogP contribution < -0.4 is 10.5 Å². The Kier molecular flexibility index (Phi) is 5.08. The molecule has 1 aliphatic rings. The summed E-state index contributed by atoms with van der Waals surface area (Å²) >= 11 is 0. The topological polar surface area (TPSA) is 101 Å². The molecule has 0 aliphatic carbocycles. The third-order valence-electron chi connectivity index (χ3n) is 4.09. The quantitative estimate of drug-likeness (QED) is 0.810. The summed E-state index contributed by atoms with van der Waals surface area (Å²) in [5.74, 6) is 0.631. The average Bonchev–Trinajstić information content (AvgIpc) is 3.05. The van der Waals surface area contributed by atoms with Gasteiger partial charge in [-0.2, -0.15) is 0 Å². The third-order valence-corrected chi connectivity index (χ3v) is 5.44. The van der Waals surface area contributed by atoms with E-state index in [-0.39, 0.29) is 10.8 Å². The fourth-order valence-corrected chi connectivity index (χ4v) is 3.75. The van der Waals surface area contributed by atoms with E-state index in [1.807, 2.05) is 0 Å². The minimum atomic E-state index is -3.66. The van der Waals surface area contributed by atoms with Gasteiger partial charge in [0.15, 0.2) is 0 Å². The van der Waals surface area contributed by atoms with E-state index in [4.69, 9.17) is 5.73 Å². The van der Waals surface area contributed by atoms with Crippen molar-refractivity contribution in [1.29, 1.82) is 0 Å². The first-order chi connectivity index (χ1) is 11.6. The highest BCUT2D eigenvalue weighted by Crippen LogP contribution is 2.18. The molecule has 7 nitrogen and oxygen atoms in total. The molecule has 0 bridgehead atoms. The zero-order valence-electron chi connectivity index (χ0n) is 13.3. The molecule has 1 fully saturated rings. The number of sulfonamides is 1. The highest BCUT2D eigenvalue weighted by Gasteiger charge is 2.21. The fraction of sp³-hybridized carbons (Fsp3) is 0.375. The number of nitrogens with zero attached hydrogens (tertiary/aromatic N) is 3. The number of anilines is 1. The van der Waals surface area contributed by atoms with E-state index >= 15 is 0 Å². The van der Waals surface area contributed by atoms with Crippen molar-refractivity contribution < 1.29 is 8.42 Å². The predicted octanol–water partition coefficient (Wildman–Crippen LogP) is 1.06. The van der Waals surface area contributed by atoms with Crippen molar-refractivity contribution in [2.45, 2.75) is 17.9 Å². The first-order valence-electron chi connectivity index (χ1n) is 7.88. The summed E-state index contributed by atoms with van der Waals surface area (Å²) in [6, 6.07) is 8.15. The van der Waals surface area contributed by atoms with Gasteiger partial charge in [0.05, 0.1) is 4.90 Å². The maximum atomic E-state index is 12.2. The van der Waals surface area contributed by atoms with Gasteiger partial charge in [-0.15, -0.1) is 0 Å². The van der Waals surface area contributed by atoms with Gasteiger partial charge in [-0.1, -0.05) is 18.2 Å². The van der Waals surface area contributed by atoms with Crippen LogP contribution in [0.1, 0.15) is 12.0 Å². The number of hydrogen-bond donors (Lipinski definition) is 2. The normalized spacial score (nSPS) is 18.6. The van der Waals surface area contributed by atoms with Gasteiger partial charge in [-0.3, -0.25) is 4.90 Å². The van der Waals surface area contributed by atoms with Gasteiger partial charge in [0.1, 0.15) is 0 Å². The Morgan fingerprint density at radius 3 is 2.54 bits per heavy atom. The van der Waals surface area contributed by atoms with Crippen molar-refractivity contribution in [1.82, 2.24) is 14.9 Å². The number of aromatic nitrogens is 2. The predicted molar refractivity (Wildman–Crippen MR) is 91.7 cm³/mol. The van der Waals surface area contributed by atoms with Gasteiger partial charge in [-0.05, 0) is 37.6 Å². The molecule has 1 aromatic carbocycles. The van der Waals surface area contributed by atoms with Crippen LogP contribution in [0.25, 0.3) is 0 Å². The number of likely N-dealkylation sites (tertiary alicyclic amines) is 1. The van der Waals surface area contributed by atoms with Crippen molar-refractivity contribution >= 4 is 16.0 Å². The van der Waals surface area contributed by atoms with E-state index in [0.29, 0.717) is 12.5 Å². The second kappa shape index (κ2) is 7.25. The summed E-state index contributed by atoms with van der Waals surface area (Å²) in [5, 5.41) is 0. The summed E-state index contributed by atoms with van der Waals surface area (Å²) in [6.45, 7) is 3.47. The lowest BCUT2D eigenvalue weighted by molar-refractivity contribution is 0.317. The SMILES string of the molecule is NCC1CCN(Cc2cnc(NS(=O)(=O)c3ccccc3)nc2)C1. The van der Waals surface area contributed by atoms with E-state index < -0.39 is 10.0 Å². The Morgan fingerprint density at radius 1 is 1.21 bits per heavy atom. The lowest BCUT2D eigenvalue weighted by Gasteiger charge is -2.15. The van der Waals surface area contributed by atoms with Crippen LogP contribution in [0.2, 0.25) is 0 Å². The van der Waals surface area contributed by atoms with Gasteiger partial charge in [0.25, 0.3) is 10.0 Å². The monoisotopic (exact) mass is 347 g/mol. The largest absolute Gasteiger partial charge is 0.330 e. The van der Waals surface area contributed by atoms with Gasteiger partial charge in [-0.25, -0.2) is 23.1 Å². The van der Waals surface area contributed by atoms with E-state index in [1.165, 1.54) is 12.1 Å². The molecule has 3 N–H and O–H groups in total. The van der Waals surface area contributed by atoms with E-state index in [1.54, 1.807) is 30.6 Å². The molecular formula is C16H21N5O2S. The first-order valence-corrected chi connectivity index (χ1v) is 9.36. The number of rotatable bonds is 6. The smallest absolute Gasteiger partial charge is 0.264 e. The summed E-state index contributed by atoms with van der Waals surface area (Å²) in [6.07, 6.45) is 4.43. The minimum Gasteiger partial charge on any atom is -0.330 e. The van der Waals surface area contributed by atoms with Crippen LogP contribution in [-0.4, -0.2) is 42.9 Å². The molecule has 0 amide bonds. The molecule has 1 saturated heterocycles. The molecule has 1 unspecified atom stereocenters. The molecule has 1 aromatic heterocycles. The van der Waals surface area contributed by atoms with Crippen LogP contribution in [0, 0.1) is 5.92 Å². The number of hydrogen-bond acceptors (Lipinski definition) is 6. The summed E-state index contributed by atoms with van der Waals surface area (Å²) in [5.41, 5.74) is 6.65. The summed E-state index contributed by atoms with van der Waals surface area (Å²) in [7, 11) is -3.66. The van der Waals surface area contributed by atoms with Gasteiger partial charge in [0.2, 0.25) is 5.95 Å². The minimum absolute atomic E-state index is 0.0730. The van der Waals surface area contributed by atoms with Gasteiger partial charge in [0, 0.05) is 31.0 Å². The Balaban J connectivity index is 1.63. The van der Waals surface area contributed by atoms with Crippen LogP contribution in [0.3, 0.4) is 0 Å². The Bertz CT molecular complexity index is 765. The van der Waals surface area contributed by atoms with Crippen molar-refractivity contribution in [2.24, 2.45) is 11.7 Å². The van der Waals surface area contributed by atoms with Crippen LogP contribution in [0.5, 0.6) is 0 Å². The Hall–Kier alpha value is -2.03. The molecular weight excluding hydrogens is 326 g/mol.